The van der Waals surface area contributed by atoms with Gasteiger partial charge < -0.3 is 9.64 Å². The molecule has 1 aromatic rings. The van der Waals surface area contributed by atoms with E-state index in [4.69, 9.17) is 16.3 Å². The van der Waals surface area contributed by atoms with Crippen LogP contribution in [0.2, 0.25) is 0 Å². The number of anilines is 1. The minimum atomic E-state index is 0.346. The van der Waals surface area contributed by atoms with E-state index in [0.717, 1.165) is 36.6 Å². The number of alkyl halides is 1. The number of aromatic nitrogens is 2. The van der Waals surface area contributed by atoms with Crippen molar-refractivity contribution in [1.82, 2.24) is 9.78 Å². The lowest BCUT2D eigenvalue weighted by Crippen LogP contribution is -2.30. The van der Waals surface area contributed by atoms with Gasteiger partial charge in [-0.25, -0.2) is 0 Å². The molecule has 0 amide bonds. The lowest BCUT2D eigenvalue weighted by molar-refractivity contribution is 0.116. The first-order valence-electron chi connectivity index (χ1n) is 6.04. The van der Waals surface area contributed by atoms with Crippen LogP contribution in [-0.4, -0.2) is 36.1 Å². The Bertz CT molecular complexity index is 385. The molecule has 1 aromatic heterocycles. The van der Waals surface area contributed by atoms with Crippen molar-refractivity contribution in [3.63, 3.8) is 0 Å². The highest BCUT2D eigenvalue weighted by Crippen LogP contribution is 2.25. The second-order valence-electron chi connectivity index (χ2n) is 4.66. The molecule has 4 nitrogen and oxygen atoms in total. The lowest BCUT2D eigenvalue weighted by Gasteiger charge is -2.23. The fraction of sp³-hybridized carbons (Fsp3) is 0.750. The maximum atomic E-state index is 6.00. The van der Waals surface area contributed by atoms with Crippen molar-refractivity contribution in [3.05, 3.63) is 11.3 Å². The number of rotatable bonds is 4. The number of ether oxygens (including phenoxy) is 1. The third kappa shape index (κ3) is 2.58. The average molecular weight is 258 g/mol. The Balaban J connectivity index is 2.14. The lowest BCUT2D eigenvalue weighted by atomic mass is 10.2. The molecule has 1 fully saturated rings. The molecule has 96 valence electrons. The first kappa shape index (κ1) is 12.7. The summed E-state index contributed by atoms with van der Waals surface area (Å²) in [6.07, 6.45) is 2.67. The van der Waals surface area contributed by atoms with Crippen molar-refractivity contribution in [2.75, 3.05) is 25.1 Å². The number of halogens is 1. The van der Waals surface area contributed by atoms with E-state index < -0.39 is 0 Å². The van der Waals surface area contributed by atoms with Gasteiger partial charge in [-0.1, -0.05) is 0 Å². The molecule has 17 heavy (non-hydrogen) atoms. The van der Waals surface area contributed by atoms with Crippen molar-refractivity contribution in [1.29, 1.82) is 0 Å². The molecule has 0 spiro atoms. The SMILES string of the molecule is Cc1nn(C)c(N(C)CC2CCCO2)c1CCl. The van der Waals surface area contributed by atoms with E-state index in [0.29, 0.717) is 12.0 Å². The maximum Gasteiger partial charge on any atom is 0.131 e. The molecule has 1 aliphatic heterocycles. The smallest absolute Gasteiger partial charge is 0.131 e. The highest BCUT2D eigenvalue weighted by molar-refractivity contribution is 6.17. The van der Waals surface area contributed by atoms with Crippen LogP contribution < -0.4 is 4.90 Å². The largest absolute Gasteiger partial charge is 0.376 e. The van der Waals surface area contributed by atoms with Gasteiger partial charge in [0.15, 0.2) is 0 Å². The second-order valence-corrected chi connectivity index (χ2v) is 4.93. The van der Waals surface area contributed by atoms with Crippen LogP contribution >= 0.6 is 11.6 Å². The van der Waals surface area contributed by atoms with Gasteiger partial charge in [0.1, 0.15) is 5.82 Å². The topological polar surface area (TPSA) is 30.3 Å². The van der Waals surface area contributed by atoms with Crippen LogP contribution in [0.15, 0.2) is 0 Å². The minimum absolute atomic E-state index is 0.346. The molecule has 5 heteroatoms. The van der Waals surface area contributed by atoms with Crippen molar-refractivity contribution in [2.45, 2.75) is 31.7 Å². The maximum absolute atomic E-state index is 6.00. The summed E-state index contributed by atoms with van der Waals surface area (Å²) in [4.78, 5) is 2.20. The molecule has 0 bridgehead atoms. The van der Waals surface area contributed by atoms with Crippen LogP contribution in [0.5, 0.6) is 0 Å². The van der Waals surface area contributed by atoms with Gasteiger partial charge in [-0.3, -0.25) is 4.68 Å². The Morgan fingerprint density at radius 2 is 2.35 bits per heavy atom. The molecule has 0 aromatic carbocycles. The second kappa shape index (κ2) is 5.27. The summed E-state index contributed by atoms with van der Waals surface area (Å²) in [6, 6.07) is 0. The van der Waals surface area contributed by atoms with Gasteiger partial charge in [-0.2, -0.15) is 5.10 Å². The molecular formula is C12H20ClN3O. The van der Waals surface area contributed by atoms with Gasteiger partial charge in [-0.15, -0.1) is 11.6 Å². The van der Waals surface area contributed by atoms with Crippen LogP contribution in [0.3, 0.4) is 0 Å². The Labute approximate surface area is 107 Å². The van der Waals surface area contributed by atoms with E-state index >= 15 is 0 Å². The van der Waals surface area contributed by atoms with Crippen LogP contribution in [0.1, 0.15) is 24.1 Å². The summed E-state index contributed by atoms with van der Waals surface area (Å²) >= 11 is 6.00. The molecular weight excluding hydrogens is 238 g/mol. The van der Waals surface area contributed by atoms with E-state index in [1.165, 1.54) is 6.42 Å². The zero-order valence-corrected chi connectivity index (χ0v) is 11.5. The molecule has 1 aliphatic rings. The number of nitrogens with zero attached hydrogens (tertiary/aromatic N) is 3. The third-order valence-electron chi connectivity index (χ3n) is 3.31. The Morgan fingerprint density at radius 3 is 2.94 bits per heavy atom. The molecule has 2 heterocycles. The van der Waals surface area contributed by atoms with Crippen molar-refractivity contribution < 1.29 is 4.74 Å². The van der Waals surface area contributed by atoms with Crippen molar-refractivity contribution >= 4 is 17.4 Å². The van der Waals surface area contributed by atoms with Gasteiger partial charge in [0.05, 0.1) is 17.7 Å². The normalized spacial score (nSPS) is 19.9. The Morgan fingerprint density at radius 1 is 1.59 bits per heavy atom. The van der Waals surface area contributed by atoms with Crippen LogP contribution in [0.25, 0.3) is 0 Å². The van der Waals surface area contributed by atoms with E-state index in [1.54, 1.807) is 0 Å². The summed E-state index contributed by atoms with van der Waals surface area (Å²) in [7, 11) is 4.04. The van der Waals surface area contributed by atoms with Crippen LogP contribution in [0, 0.1) is 6.92 Å². The highest BCUT2D eigenvalue weighted by atomic mass is 35.5. The number of likely N-dealkylation sites (N-methyl/N-ethyl adjacent to an activating group) is 1. The van der Waals surface area contributed by atoms with Crippen LogP contribution in [0.4, 0.5) is 5.82 Å². The quantitative estimate of drug-likeness (QED) is 0.774. The van der Waals surface area contributed by atoms with E-state index in [-0.39, 0.29) is 0 Å². The fourth-order valence-corrected chi connectivity index (χ4v) is 2.82. The fourth-order valence-electron chi connectivity index (χ4n) is 2.50. The van der Waals surface area contributed by atoms with Gasteiger partial charge in [0.25, 0.3) is 0 Å². The molecule has 0 saturated carbocycles. The summed E-state index contributed by atoms with van der Waals surface area (Å²) in [5.41, 5.74) is 2.13. The van der Waals surface area contributed by atoms with Crippen molar-refractivity contribution in [2.24, 2.45) is 7.05 Å². The monoisotopic (exact) mass is 257 g/mol. The summed E-state index contributed by atoms with van der Waals surface area (Å²) in [5, 5.41) is 4.43. The van der Waals surface area contributed by atoms with E-state index in [1.807, 2.05) is 18.7 Å². The standard InChI is InChI=1S/C12H20ClN3O/c1-9-11(7-13)12(16(3)14-9)15(2)8-10-5-4-6-17-10/h10H,4-8H2,1-3H3. The average Bonchev–Trinajstić information content (AvgIpc) is 2.85. The summed E-state index contributed by atoms with van der Waals surface area (Å²) in [5.74, 6) is 1.61. The molecule has 0 radical (unpaired) electrons. The number of aryl methyl sites for hydroxylation is 2. The summed E-state index contributed by atoms with van der Waals surface area (Å²) in [6.45, 7) is 3.80. The molecule has 1 unspecified atom stereocenters. The first-order chi connectivity index (χ1) is 8.13. The van der Waals surface area contributed by atoms with Crippen LogP contribution in [-0.2, 0) is 17.7 Å². The van der Waals surface area contributed by atoms with Gasteiger partial charge in [-0.05, 0) is 19.8 Å². The molecule has 0 N–H and O–H groups in total. The minimum Gasteiger partial charge on any atom is -0.376 e. The van der Waals surface area contributed by atoms with Gasteiger partial charge >= 0.3 is 0 Å². The molecule has 2 rings (SSSR count). The first-order valence-corrected chi connectivity index (χ1v) is 6.58. The zero-order chi connectivity index (χ0) is 12.4. The zero-order valence-electron chi connectivity index (χ0n) is 10.7. The number of hydrogen-bond donors (Lipinski definition) is 0. The van der Waals surface area contributed by atoms with E-state index in [2.05, 4.69) is 17.0 Å². The predicted octanol–water partition coefficient (Wildman–Crippen LogP) is 2.08. The number of hydrogen-bond acceptors (Lipinski definition) is 3. The predicted molar refractivity (Wildman–Crippen MR) is 69.7 cm³/mol. The van der Waals surface area contributed by atoms with Crippen molar-refractivity contribution in [3.8, 4) is 0 Å². The third-order valence-corrected chi connectivity index (χ3v) is 3.58. The molecule has 1 atom stereocenters. The summed E-state index contributed by atoms with van der Waals surface area (Å²) < 4.78 is 7.57. The highest BCUT2D eigenvalue weighted by Gasteiger charge is 2.21. The molecule has 1 saturated heterocycles. The van der Waals surface area contributed by atoms with Gasteiger partial charge in [0.2, 0.25) is 0 Å². The Kier molecular flexibility index (Phi) is 3.94. The van der Waals surface area contributed by atoms with E-state index in [9.17, 15) is 0 Å². The Hall–Kier alpha value is -0.740. The van der Waals surface area contributed by atoms with Gasteiger partial charge in [0, 0.05) is 32.8 Å². The molecule has 0 aliphatic carbocycles.